The van der Waals surface area contributed by atoms with E-state index in [1.165, 1.54) is 110 Å². The molecule has 2 aliphatic rings. The molecule has 9 aromatic carbocycles. The smallest absolute Gasteiger partial charge is 0.000741 e. The topological polar surface area (TPSA) is 0 Å². The molecule has 0 saturated carbocycles. The van der Waals surface area contributed by atoms with E-state index < -0.39 is 0 Å². The molecule has 0 saturated heterocycles. The Balaban J connectivity index is 1.22. The van der Waals surface area contributed by atoms with E-state index in [9.17, 15) is 0 Å². The second-order valence-electron chi connectivity index (χ2n) is 13.1. The average molecular weight is 605 g/mol. The van der Waals surface area contributed by atoms with Crippen LogP contribution in [0, 0.1) is 0 Å². The molecule has 0 heterocycles. The lowest BCUT2D eigenvalue weighted by Crippen LogP contribution is -1.93. The lowest BCUT2D eigenvalue weighted by molar-refractivity contribution is 1.62. The lowest BCUT2D eigenvalue weighted by Gasteiger charge is -2.20. The first-order valence-corrected chi connectivity index (χ1v) is 16.8. The van der Waals surface area contributed by atoms with Gasteiger partial charge >= 0.3 is 0 Å². The van der Waals surface area contributed by atoms with Crippen LogP contribution < -0.4 is 0 Å². The molecular weight excluding hydrogens is 577 g/mol. The minimum absolute atomic E-state index is 1.25. The van der Waals surface area contributed by atoms with Gasteiger partial charge in [-0.3, -0.25) is 0 Å². The average Bonchev–Trinajstić information content (AvgIpc) is 3.66. The molecule has 0 aromatic heterocycles. The van der Waals surface area contributed by atoms with E-state index in [1.54, 1.807) is 0 Å². The van der Waals surface area contributed by atoms with Crippen molar-refractivity contribution in [2.75, 3.05) is 0 Å². The summed E-state index contributed by atoms with van der Waals surface area (Å²) in [5.74, 6) is 0. The Morgan fingerprint density at radius 2 is 0.729 bits per heavy atom. The summed E-state index contributed by atoms with van der Waals surface area (Å²) in [6, 6.07) is 63.1. The van der Waals surface area contributed by atoms with E-state index in [0.29, 0.717) is 0 Å². The number of hydrogen-bond acceptors (Lipinski definition) is 0. The van der Waals surface area contributed by atoms with Crippen molar-refractivity contribution in [3.05, 3.63) is 170 Å². The van der Waals surface area contributed by atoms with Crippen LogP contribution in [-0.4, -0.2) is 0 Å². The van der Waals surface area contributed by atoms with Gasteiger partial charge in [0.2, 0.25) is 0 Å². The third-order valence-corrected chi connectivity index (χ3v) is 10.7. The molecule has 48 heavy (non-hydrogen) atoms. The third kappa shape index (κ3) is 3.39. The highest BCUT2D eigenvalue weighted by atomic mass is 14.3. The molecule has 220 valence electrons. The third-order valence-electron chi connectivity index (χ3n) is 10.7. The summed E-state index contributed by atoms with van der Waals surface area (Å²) in [6.07, 6.45) is 0. The minimum atomic E-state index is 1.25. The molecule has 0 radical (unpaired) electrons. The predicted molar refractivity (Wildman–Crippen MR) is 204 cm³/mol. The molecule has 0 fully saturated rings. The Bertz CT molecular complexity index is 2710. The molecule has 0 atom stereocenters. The first kappa shape index (κ1) is 25.9. The van der Waals surface area contributed by atoms with Gasteiger partial charge in [-0.1, -0.05) is 164 Å². The second kappa shape index (κ2) is 9.64. The Hall–Kier alpha value is -6.24. The van der Waals surface area contributed by atoms with Gasteiger partial charge in [0.25, 0.3) is 0 Å². The van der Waals surface area contributed by atoms with Crippen LogP contribution in [0.15, 0.2) is 170 Å². The highest BCUT2D eigenvalue weighted by molar-refractivity contribution is 6.29. The first-order chi connectivity index (χ1) is 23.8. The van der Waals surface area contributed by atoms with Crippen molar-refractivity contribution in [3.8, 4) is 77.9 Å². The van der Waals surface area contributed by atoms with Gasteiger partial charge in [-0.05, 0) is 116 Å². The molecule has 0 nitrogen and oxygen atoms in total. The summed E-state index contributed by atoms with van der Waals surface area (Å²) in [7, 11) is 0. The second-order valence-corrected chi connectivity index (χ2v) is 13.1. The lowest BCUT2D eigenvalue weighted by atomic mass is 9.82. The molecule has 0 unspecified atom stereocenters. The van der Waals surface area contributed by atoms with Crippen molar-refractivity contribution in [2.24, 2.45) is 0 Å². The maximum atomic E-state index is 2.43. The van der Waals surface area contributed by atoms with Crippen LogP contribution in [-0.2, 0) is 0 Å². The highest BCUT2D eigenvalue weighted by Crippen LogP contribution is 2.58. The maximum absolute atomic E-state index is 2.43. The summed E-state index contributed by atoms with van der Waals surface area (Å²) < 4.78 is 0. The Morgan fingerprint density at radius 1 is 0.229 bits per heavy atom. The van der Waals surface area contributed by atoms with Crippen molar-refractivity contribution in [1.82, 2.24) is 0 Å². The molecule has 0 heteroatoms. The van der Waals surface area contributed by atoms with Crippen LogP contribution in [0.1, 0.15) is 0 Å². The SMILES string of the molecule is c1ccc(-c2c3c(c(-c4ccccc4)c4ccccc24)-c2ccc(-c4ccc5c(c4)-c4cccc6cccc-5c46)c4cccc-3c24)cc1. The molecule has 11 rings (SSSR count). The quantitative estimate of drug-likeness (QED) is 0.188. The molecular formula is C48H28. The van der Waals surface area contributed by atoms with Gasteiger partial charge in [-0.15, -0.1) is 0 Å². The predicted octanol–water partition coefficient (Wildman–Crippen LogP) is 13.4. The van der Waals surface area contributed by atoms with E-state index in [4.69, 9.17) is 0 Å². The van der Waals surface area contributed by atoms with Crippen molar-refractivity contribution in [2.45, 2.75) is 0 Å². The van der Waals surface area contributed by atoms with E-state index in [2.05, 4.69) is 170 Å². The van der Waals surface area contributed by atoms with Gasteiger partial charge in [0, 0.05) is 0 Å². The van der Waals surface area contributed by atoms with Crippen LogP contribution in [0.3, 0.4) is 0 Å². The Morgan fingerprint density at radius 3 is 1.40 bits per heavy atom. The molecule has 0 spiro atoms. The summed E-state index contributed by atoms with van der Waals surface area (Å²) in [4.78, 5) is 0. The molecule has 0 amide bonds. The van der Waals surface area contributed by atoms with Gasteiger partial charge in [0.1, 0.15) is 0 Å². The monoisotopic (exact) mass is 604 g/mol. The fourth-order valence-electron chi connectivity index (χ4n) is 8.82. The highest BCUT2D eigenvalue weighted by Gasteiger charge is 2.31. The number of hydrogen-bond donors (Lipinski definition) is 0. The zero-order valence-corrected chi connectivity index (χ0v) is 26.2. The molecule has 9 aromatic rings. The molecule has 0 aliphatic heterocycles. The van der Waals surface area contributed by atoms with Gasteiger partial charge in [0.05, 0.1) is 0 Å². The molecule has 0 N–H and O–H groups in total. The maximum Gasteiger partial charge on any atom is -0.000741 e. The van der Waals surface area contributed by atoms with Crippen LogP contribution >= 0.6 is 0 Å². The van der Waals surface area contributed by atoms with Crippen molar-refractivity contribution < 1.29 is 0 Å². The van der Waals surface area contributed by atoms with Crippen LogP contribution in [0.4, 0.5) is 0 Å². The summed E-state index contributed by atoms with van der Waals surface area (Å²) in [5, 5.41) is 7.91. The largest absolute Gasteiger partial charge is 0.0622 e. The van der Waals surface area contributed by atoms with Crippen LogP contribution in [0.5, 0.6) is 0 Å². The zero-order valence-electron chi connectivity index (χ0n) is 26.2. The minimum Gasteiger partial charge on any atom is -0.0622 e. The standard InChI is InChI=1S/C48H28/c1-3-12-30(13-4-1)44-37-18-7-8-19-38(37)45(31-14-5-2-6-15-31)48-41-27-26-33(35-22-11-23-40(46(35)41)47(44)48)32-24-25-34-36-20-9-16-29-17-10-21-39(43(29)36)42(34)28-32/h1-28H. The van der Waals surface area contributed by atoms with Gasteiger partial charge in [-0.2, -0.15) is 0 Å². The van der Waals surface area contributed by atoms with Gasteiger partial charge < -0.3 is 0 Å². The first-order valence-electron chi connectivity index (χ1n) is 16.8. The Kier molecular flexibility index (Phi) is 5.20. The van der Waals surface area contributed by atoms with Crippen molar-refractivity contribution in [1.29, 1.82) is 0 Å². The van der Waals surface area contributed by atoms with Gasteiger partial charge in [-0.25, -0.2) is 0 Å². The van der Waals surface area contributed by atoms with E-state index in [-0.39, 0.29) is 0 Å². The molecule has 2 aliphatic carbocycles. The molecule has 0 bridgehead atoms. The summed E-state index contributed by atoms with van der Waals surface area (Å²) in [5.41, 5.74) is 18.3. The fourth-order valence-corrected chi connectivity index (χ4v) is 8.82. The van der Waals surface area contributed by atoms with Gasteiger partial charge in [0.15, 0.2) is 0 Å². The van der Waals surface area contributed by atoms with Crippen molar-refractivity contribution >= 4 is 32.3 Å². The normalized spacial score (nSPS) is 12.2. The van der Waals surface area contributed by atoms with E-state index in [1.807, 2.05) is 0 Å². The fraction of sp³-hybridized carbons (Fsp3) is 0. The van der Waals surface area contributed by atoms with E-state index >= 15 is 0 Å². The van der Waals surface area contributed by atoms with E-state index in [0.717, 1.165) is 0 Å². The van der Waals surface area contributed by atoms with Crippen LogP contribution in [0.2, 0.25) is 0 Å². The Labute approximate surface area is 279 Å². The summed E-state index contributed by atoms with van der Waals surface area (Å²) >= 11 is 0. The summed E-state index contributed by atoms with van der Waals surface area (Å²) in [6.45, 7) is 0. The number of benzene rings is 9. The number of rotatable bonds is 3. The van der Waals surface area contributed by atoms with Crippen molar-refractivity contribution in [3.63, 3.8) is 0 Å². The zero-order chi connectivity index (χ0) is 31.3. The number of fused-ring (bicyclic) bond motifs is 7. The van der Waals surface area contributed by atoms with Crippen LogP contribution in [0.25, 0.3) is 110 Å².